The Labute approximate surface area is 97.2 Å². The molecule has 0 rings (SSSR count). The number of rotatable bonds is 11. The lowest BCUT2D eigenvalue weighted by Crippen LogP contribution is -2.00. The van der Waals surface area contributed by atoms with Crippen LogP contribution in [0.5, 0.6) is 0 Å². The van der Waals surface area contributed by atoms with Crippen molar-refractivity contribution in [3.63, 3.8) is 0 Å². The smallest absolute Gasteiger partial charge is 0.0353 e. The topological polar surface area (TPSA) is 0 Å². The monoisotopic (exact) mass is 210 g/mol. The summed E-state index contributed by atoms with van der Waals surface area (Å²) in [5.41, 5.74) is 0. The fraction of sp³-hybridized carbons (Fsp3) is 0.867. The zero-order valence-corrected chi connectivity index (χ0v) is 10.9. The predicted molar refractivity (Wildman–Crippen MR) is 71.2 cm³/mol. The maximum Gasteiger partial charge on any atom is -0.0353 e. The highest BCUT2D eigenvalue weighted by Gasteiger charge is 2.06. The van der Waals surface area contributed by atoms with Crippen LogP contribution in [0, 0.1) is 5.92 Å². The molecule has 0 nitrogen and oxygen atoms in total. The Morgan fingerprint density at radius 2 is 1.60 bits per heavy atom. The Balaban J connectivity index is 3.42. The lowest BCUT2D eigenvalue weighted by Gasteiger charge is -2.15. The highest BCUT2D eigenvalue weighted by molar-refractivity contribution is 4.66. The van der Waals surface area contributed by atoms with Crippen LogP contribution >= 0.6 is 0 Å². The van der Waals surface area contributed by atoms with Gasteiger partial charge in [-0.15, -0.1) is 6.58 Å². The molecule has 0 fully saturated rings. The van der Waals surface area contributed by atoms with Gasteiger partial charge in [-0.3, -0.25) is 0 Å². The van der Waals surface area contributed by atoms with Crippen LogP contribution < -0.4 is 0 Å². The molecule has 0 N–H and O–H groups in total. The Morgan fingerprint density at radius 1 is 0.867 bits per heavy atom. The van der Waals surface area contributed by atoms with E-state index in [1.807, 2.05) is 6.08 Å². The quantitative estimate of drug-likeness (QED) is 0.302. The Kier molecular flexibility index (Phi) is 11.6. The molecule has 0 aliphatic rings. The molecule has 0 radical (unpaired) electrons. The molecular formula is C15H30. The third-order valence-electron chi connectivity index (χ3n) is 3.18. The Hall–Kier alpha value is -0.260. The largest absolute Gasteiger partial charge is 0.103 e. The fourth-order valence-electron chi connectivity index (χ4n) is 2.23. The molecule has 1 unspecified atom stereocenters. The third kappa shape index (κ3) is 10.0. The van der Waals surface area contributed by atoms with Crippen molar-refractivity contribution in [3.05, 3.63) is 12.7 Å². The van der Waals surface area contributed by atoms with Gasteiger partial charge in [0.25, 0.3) is 0 Å². The molecule has 90 valence electrons. The van der Waals surface area contributed by atoms with E-state index in [-0.39, 0.29) is 0 Å². The van der Waals surface area contributed by atoms with E-state index < -0.39 is 0 Å². The summed E-state index contributed by atoms with van der Waals surface area (Å²) in [6.07, 6.45) is 15.9. The van der Waals surface area contributed by atoms with Gasteiger partial charge in [0.1, 0.15) is 0 Å². The van der Waals surface area contributed by atoms with Crippen LogP contribution in [0.3, 0.4) is 0 Å². The first-order valence-corrected chi connectivity index (χ1v) is 6.96. The van der Waals surface area contributed by atoms with Gasteiger partial charge in [-0.05, 0) is 18.8 Å². The molecule has 0 saturated heterocycles. The summed E-state index contributed by atoms with van der Waals surface area (Å²) in [4.78, 5) is 0. The van der Waals surface area contributed by atoms with Crippen molar-refractivity contribution >= 4 is 0 Å². The molecule has 0 aliphatic carbocycles. The number of hydrogen-bond acceptors (Lipinski definition) is 0. The number of unbranched alkanes of at least 4 members (excludes halogenated alkanes) is 4. The van der Waals surface area contributed by atoms with Gasteiger partial charge in [-0.25, -0.2) is 0 Å². The zero-order valence-electron chi connectivity index (χ0n) is 10.9. The van der Waals surface area contributed by atoms with Crippen LogP contribution in [-0.2, 0) is 0 Å². The first-order chi connectivity index (χ1) is 7.35. The van der Waals surface area contributed by atoms with Gasteiger partial charge in [0.05, 0.1) is 0 Å². The van der Waals surface area contributed by atoms with Crippen LogP contribution in [0.4, 0.5) is 0 Å². The van der Waals surface area contributed by atoms with E-state index in [1.165, 1.54) is 64.2 Å². The lowest BCUT2D eigenvalue weighted by molar-refractivity contribution is 0.385. The summed E-state index contributed by atoms with van der Waals surface area (Å²) in [6, 6.07) is 0. The van der Waals surface area contributed by atoms with Crippen molar-refractivity contribution in [3.8, 4) is 0 Å². The van der Waals surface area contributed by atoms with Crippen molar-refractivity contribution in [1.29, 1.82) is 0 Å². The standard InChI is InChI=1S/C15H30/c1-4-7-9-10-11-14-15(12-6-3)13-8-5-2/h4,15H,1,5-14H2,2-3H3. The molecule has 0 heterocycles. The van der Waals surface area contributed by atoms with E-state index >= 15 is 0 Å². The van der Waals surface area contributed by atoms with E-state index in [4.69, 9.17) is 0 Å². The van der Waals surface area contributed by atoms with Gasteiger partial charge in [0.15, 0.2) is 0 Å². The second kappa shape index (κ2) is 11.8. The van der Waals surface area contributed by atoms with Crippen molar-refractivity contribution in [2.24, 2.45) is 5.92 Å². The SMILES string of the molecule is C=CCCCCCC(CCC)CCCC. The minimum atomic E-state index is 1.01. The van der Waals surface area contributed by atoms with Crippen LogP contribution in [-0.4, -0.2) is 0 Å². The zero-order chi connectivity index (χ0) is 11.4. The summed E-state index contributed by atoms with van der Waals surface area (Å²) in [5, 5.41) is 0. The highest BCUT2D eigenvalue weighted by Crippen LogP contribution is 2.21. The molecular weight excluding hydrogens is 180 g/mol. The fourth-order valence-corrected chi connectivity index (χ4v) is 2.23. The van der Waals surface area contributed by atoms with Crippen molar-refractivity contribution < 1.29 is 0 Å². The van der Waals surface area contributed by atoms with E-state index in [1.54, 1.807) is 0 Å². The summed E-state index contributed by atoms with van der Waals surface area (Å²) >= 11 is 0. The number of hydrogen-bond donors (Lipinski definition) is 0. The van der Waals surface area contributed by atoms with E-state index in [0.717, 1.165) is 5.92 Å². The maximum atomic E-state index is 3.76. The van der Waals surface area contributed by atoms with Crippen LogP contribution in [0.1, 0.15) is 78.1 Å². The first kappa shape index (κ1) is 14.7. The second-order valence-corrected chi connectivity index (χ2v) is 4.72. The van der Waals surface area contributed by atoms with Crippen molar-refractivity contribution in [2.75, 3.05) is 0 Å². The molecule has 0 spiro atoms. The van der Waals surface area contributed by atoms with E-state index in [0.29, 0.717) is 0 Å². The van der Waals surface area contributed by atoms with Gasteiger partial charge in [0.2, 0.25) is 0 Å². The number of allylic oxidation sites excluding steroid dienone is 1. The van der Waals surface area contributed by atoms with Gasteiger partial charge < -0.3 is 0 Å². The maximum absolute atomic E-state index is 3.76. The molecule has 0 amide bonds. The van der Waals surface area contributed by atoms with Gasteiger partial charge >= 0.3 is 0 Å². The normalized spacial score (nSPS) is 12.7. The van der Waals surface area contributed by atoms with Crippen LogP contribution in [0.25, 0.3) is 0 Å². The van der Waals surface area contributed by atoms with Gasteiger partial charge in [0, 0.05) is 0 Å². The van der Waals surface area contributed by atoms with Crippen LogP contribution in [0.15, 0.2) is 12.7 Å². The minimum absolute atomic E-state index is 1.01. The molecule has 0 bridgehead atoms. The lowest BCUT2D eigenvalue weighted by atomic mass is 9.91. The first-order valence-electron chi connectivity index (χ1n) is 6.96. The summed E-state index contributed by atoms with van der Waals surface area (Å²) in [7, 11) is 0. The van der Waals surface area contributed by atoms with Crippen molar-refractivity contribution in [2.45, 2.75) is 78.1 Å². The van der Waals surface area contributed by atoms with Gasteiger partial charge in [-0.2, -0.15) is 0 Å². The molecule has 0 aromatic rings. The average Bonchev–Trinajstić information content (AvgIpc) is 2.25. The van der Waals surface area contributed by atoms with Gasteiger partial charge in [-0.1, -0.05) is 71.3 Å². The van der Waals surface area contributed by atoms with Crippen molar-refractivity contribution in [1.82, 2.24) is 0 Å². The molecule has 1 atom stereocenters. The molecule has 0 aromatic heterocycles. The summed E-state index contributed by atoms with van der Waals surface area (Å²) < 4.78 is 0. The molecule has 0 heteroatoms. The minimum Gasteiger partial charge on any atom is -0.103 e. The highest BCUT2D eigenvalue weighted by atomic mass is 14.1. The Bertz CT molecular complexity index is 126. The second-order valence-electron chi connectivity index (χ2n) is 4.72. The molecule has 15 heavy (non-hydrogen) atoms. The average molecular weight is 210 g/mol. The molecule has 0 saturated carbocycles. The third-order valence-corrected chi connectivity index (χ3v) is 3.18. The molecule has 0 aromatic carbocycles. The summed E-state index contributed by atoms with van der Waals surface area (Å²) in [6.45, 7) is 8.38. The van der Waals surface area contributed by atoms with E-state index in [9.17, 15) is 0 Å². The Morgan fingerprint density at radius 3 is 2.20 bits per heavy atom. The predicted octanol–water partition coefficient (Wildman–Crippen LogP) is 5.73. The van der Waals surface area contributed by atoms with Crippen LogP contribution in [0.2, 0.25) is 0 Å². The summed E-state index contributed by atoms with van der Waals surface area (Å²) in [5.74, 6) is 1.01. The van der Waals surface area contributed by atoms with E-state index in [2.05, 4.69) is 20.4 Å². The molecule has 0 aliphatic heterocycles.